The number of ether oxygens (including phenoxy) is 1. The summed E-state index contributed by atoms with van der Waals surface area (Å²) in [5, 5.41) is 2.86. The highest BCUT2D eigenvalue weighted by molar-refractivity contribution is 7.89. The second-order valence-corrected chi connectivity index (χ2v) is 9.37. The fraction of sp³-hybridized carbons (Fsp3) is 0.381. The molecule has 0 radical (unpaired) electrons. The number of benzene rings is 2. The highest BCUT2D eigenvalue weighted by Gasteiger charge is 2.32. The topological polar surface area (TPSA) is 75.7 Å². The molecule has 1 amide bonds. The van der Waals surface area contributed by atoms with Crippen molar-refractivity contribution >= 4 is 21.6 Å². The van der Waals surface area contributed by atoms with E-state index >= 15 is 0 Å². The molecule has 2 aromatic carbocycles. The van der Waals surface area contributed by atoms with Crippen LogP contribution in [-0.2, 0) is 14.8 Å². The Morgan fingerprint density at radius 2 is 1.54 bits per heavy atom. The molecule has 28 heavy (non-hydrogen) atoms. The van der Waals surface area contributed by atoms with Gasteiger partial charge < -0.3 is 10.1 Å². The number of nitrogens with one attached hydrogen (secondary N) is 1. The quantitative estimate of drug-likeness (QED) is 0.851. The minimum absolute atomic E-state index is 0.152. The number of aryl methyl sites for hydroxylation is 2. The Hall–Kier alpha value is -2.22. The third-order valence-corrected chi connectivity index (χ3v) is 6.47. The van der Waals surface area contributed by atoms with Crippen LogP contribution in [0.2, 0.25) is 0 Å². The molecule has 0 aromatic heterocycles. The van der Waals surface area contributed by atoms with Crippen LogP contribution >= 0.6 is 0 Å². The Balaban J connectivity index is 1.76. The highest BCUT2D eigenvalue weighted by atomic mass is 32.2. The molecule has 150 valence electrons. The normalized spacial score (nSPS) is 20.7. The van der Waals surface area contributed by atoms with Gasteiger partial charge in [-0.2, -0.15) is 4.31 Å². The van der Waals surface area contributed by atoms with Gasteiger partial charge in [0.05, 0.1) is 17.1 Å². The van der Waals surface area contributed by atoms with Gasteiger partial charge in [-0.15, -0.1) is 0 Å². The van der Waals surface area contributed by atoms with E-state index in [4.69, 9.17) is 4.74 Å². The SMILES string of the molecule is Cc1cc(C)cc(NC(=O)c2ccc(S(=O)(=O)N3C[C@@H](C)O[C@@H](C)C3)cc2)c1. The molecule has 0 aliphatic carbocycles. The molecule has 0 unspecified atom stereocenters. The largest absolute Gasteiger partial charge is 0.373 e. The predicted molar refractivity (Wildman–Crippen MR) is 109 cm³/mol. The Morgan fingerprint density at radius 3 is 2.07 bits per heavy atom. The maximum Gasteiger partial charge on any atom is 0.255 e. The smallest absolute Gasteiger partial charge is 0.255 e. The van der Waals surface area contributed by atoms with Gasteiger partial charge in [0.25, 0.3) is 5.91 Å². The number of nitrogens with zero attached hydrogens (tertiary/aromatic N) is 1. The average molecular weight is 403 g/mol. The highest BCUT2D eigenvalue weighted by Crippen LogP contribution is 2.22. The van der Waals surface area contributed by atoms with E-state index < -0.39 is 10.0 Å². The predicted octanol–water partition coefficient (Wildman–Crippen LogP) is 3.35. The summed E-state index contributed by atoms with van der Waals surface area (Å²) in [6.07, 6.45) is -0.303. The van der Waals surface area contributed by atoms with Crippen LogP contribution in [0, 0.1) is 13.8 Å². The van der Waals surface area contributed by atoms with Crippen LogP contribution in [0.25, 0.3) is 0 Å². The molecule has 1 N–H and O–H groups in total. The zero-order valence-corrected chi connectivity index (χ0v) is 17.4. The lowest BCUT2D eigenvalue weighted by atomic mass is 10.1. The Morgan fingerprint density at radius 1 is 1.00 bits per heavy atom. The molecule has 2 atom stereocenters. The lowest BCUT2D eigenvalue weighted by Gasteiger charge is -2.34. The van der Waals surface area contributed by atoms with Crippen molar-refractivity contribution in [2.45, 2.75) is 44.8 Å². The van der Waals surface area contributed by atoms with Crippen molar-refractivity contribution in [3.8, 4) is 0 Å². The van der Waals surface area contributed by atoms with E-state index in [-0.39, 0.29) is 23.0 Å². The fourth-order valence-electron chi connectivity index (χ4n) is 3.50. The van der Waals surface area contributed by atoms with E-state index in [1.165, 1.54) is 28.6 Å². The molecule has 1 saturated heterocycles. The van der Waals surface area contributed by atoms with Gasteiger partial charge >= 0.3 is 0 Å². The lowest BCUT2D eigenvalue weighted by Crippen LogP contribution is -2.48. The number of hydrogen-bond acceptors (Lipinski definition) is 4. The van der Waals surface area contributed by atoms with E-state index in [0.29, 0.717) is 18.7 Å². The maximum atomic E-state index is 12.9. The van der Waals surface area contributed by atoms with Crippen molar-refractivity contribution in [2.75, 3.05) is 18.4 Å². The van der Waals surface area contributed by atoms with Crippen LogP contribution in [0.15, 0.2) is 47.4 Å². The van der Waals surface area contributed by atoms with E-state index in [0.717, 1.165) is 16.8 Å². The number of carbonyl (C=O) groups excluding carboxylic acids is 1. The van der Waals surface area contributed by atoms with Gasteiger partial charge in [-0.1, -0.05) is 6.07 Å². The van der Waals surface area contributed by atoms with Crippen LogP contribution in [-0.4, -0.2) is 43.9 Å². The Kier molecular flexibility index (Phi) is 5.88. The molecule has 1 aliphatic heterocycles. The van der Waals surface area contributed by atoms with Crippen molar-refractivity contribution in [3.63, 3.8) is 0 Å². The molecule has 7 heteroatoms. The number of sulfonamides is 1. The van der Waals surface area contributed by atoms with Gasteiger partial charge in [-0.3, -0.25) is 4.79 Å². The lowest BCUT2D eigenvalue weighted by molar-refractivity contribution is -0.0440. The van der Waals surface area contributed by atoms with Crippen LogP contribution in [0.3, 0.4) is 0 Å². The van der Waals surface area contributed by atoms with Crippen LogP contribution in [0.4, 0.5) is 5.69 Å². The molecular formula is C21H26N2O4S. The van der Waals surface area contributed by atoms with Crippen LogP contribution in [0.5, 0.6) is 0 Å². The number of morpholine rings is 1. The summed E-state index contributed by atoms with van der Waals surface area (Å²) in [5.41, 5.74) is 3.24. The van der Waals surface area contributed by atoms with Crippen molar-refractivity contribution < 1.29 is 17.9 Å². The monoisotopic (exact) mass is 402 g/mol. The van der Waals surface area contributed by atoms with Gasteiger partial charge in [0.15, 0.2) is 0 Å². The summed E-state index contributed by atoms with van der Waals surface area (Å²) in [6, 6.07) is 11.9. The molecule has 1 fully saturated rings. The summed E-state index contributed by atoms with van der Waals surface area (Å²) < 4.78 is 32.8. The van der Waals surface area contributed by atoms with E-state index in [1.54, 1.807) is 0 Å². The van der Waals surface area contributed by atoms with E-state index in [1.807, 2.05) is 45.9 Å². The first-order valence-electron chi connectivity index (χ1n) is 9.30. The first-order chi connectivity index (χ1) is 13.1. The zero-order chi connectivity index (χ0) is 20.5. The number of carbonyl (C=O) groups is 1. The summed E-state index contributed by atoms with van der Waals surface area (Å²) in [4.78, 5) is 12.7. The number of amides is 1. The van der Waals surface area contributed by atoms with Crippen molar-refractivity contribution in [2.24, 2.45) is 0 Å². The summed E-state index contributed by atoms with van der Waals surface area (Å²) in [5.74, 6) is -0.275. The standard InChI is InChI=1S/C21H26N2O4S/c1-14-9-15(2)11-19(10-14)22-21(24)18-5-7-20(8-6-18)28(25,26)23-12-16(3)27-17(4)13-23/h5-11,16-17H,12-13H2,1-4H3,(H,22,24)/t16-,17+. The molecule has 6 nitrogen and oxygen atoms in total. The van der Waals surface area contributed by atoms with E-state index in [2.05, 4.69) is 5.32 Å². The van der Waals surface area contributed by atoms with E-state index in [9.17, 15) is 13.2 Å². The molecule has 1 heterocycles. The van der Waals surface area contributed by atoms with Crippen molar-refractivity contribution in [1.29, 1.82) is 0 Å². The molecule has 0 bridgehead atoms. The second kappa shape index (κ2) is 8.03. The van der Waals surface area contributed by atoms with Gasteiger partial charge in [-0.05, 0) is 75.2 Å². The first-order valence-corrected chi connectivity index (χ1v) is 10.7. The molecular weight excluding hydrogens is 376 g/mol. The molecule has 0 spiro atoms. The van der Waals surface area contributed by atoms with Crippen molar-refractivity contribution in [1.82, 2.24) is 4.31 Å². The minimum atomic E-state index is -3.62. The Labute approximate surface area is 166 Å². The van der Waals surface area contributed by atoms with Crippen molar-refractivity contribution in [3.05, 3.63) is 59.2 Å². The first kappa shape index (κ1) is 20.5. The zero-order valence-electron chi connectivity index (χ0n) is 16.6. The molecule has 2 aromatic rings. The van der Waals surface area contributed by atoms with Crippen LogP contribution < -0.4 is 5.32 Å². The Bertz CT molecular complexity index is 940. The third-order valence-electron chi connectivity index (χ3n) is 4.62. The average Bonchev–Trinajstić information content (AvgIpc) is 2.60. The molecule has 1 aliphatic rings. The number of hydrogen-bond donors (Lipinski definition) is 1. The van der Waals surface area contributed by atoms with Crippen LogP contribution in [0.1, 0.15) is 35.3 Å². The molecule has 3 rings (SSSR count). The van der Waals surface area contributed by atoms with Gasteiger partial charge in [0.2, 0.25) is 10.0 Å². The van der Waals surface area contributed by atoms with Gasteiger partial charge in [0, 0.05) is 24.3 Å². The summed E-state index contributed by atoms with van der Waals surface area (Å²) in [6.45, 7) is 8.30. The number of anilines is 1. The fourth-order valence-corrected chi connectivity index (χ4v) is 5.09. The number of rotatable bonds is 4. The second-order valence-electron chi connectivity index (χ2n) is 7.43. The van der Waals surface area contributed by atoms with Gasteiger partial charge in [-0.25, -0.2) is 8.42 Å². The summed E-state index contributed by atoms with van der Waals surface area (Å²) >= 11 is 0. The van der Waals surface area contributed by atoms with Gasteiger partial charge in [0.1, 0.15) is 0 Å². The molecule has 0 saturated carbocycles. The summed E-state index contributed by atoms with van der Waals surface area (Å²) in [7, 11) is -3.62. The third kappa shape index (κ3) is 4.60. The maximum absolute atomic E-state index is 12.9. The minimum Gasteiger partial charge on any atom is -0.373 e.